The second kappa shape index (κ2) is 4.97. The molecule has 1 heterocycles. The largest absolute Gasteiger partial charge is 0.456 e. The van der Waals surface area contributed by atoms with E-state index in [9.17, 15) is 4.39 Å². The lowest BCUT2D eigenvalue weighted by Crippen LogP contribution is -1.89. The van der Waals surface area contributed by atoms with Crippen molar-refractivity contribution in [2.75, 3.05) is 0 Å². The van der Waals surface area contributed by atoms with Gasteiger partial charge in [0.15, 0.2) is 0 Å². The van der Waals surface area contributed by atoms with Gasteiger partial charge in [-0.2, -0.15) is 4.39 Å². The average molecular weight is 318 g/mol. The van der Waals surface area contributed by atoms with Gasteiger partial charge in [-0.1, -0.05) is 30.3 Å². The van der Waals surface area contributed by atoms with Crippen molar-refractivity contribution in [1.82, 2.24) is 4.98 Å². The minimum Gasteiger partial charge on any atom is -0.456 e. The van der Waals surface area contributed by atoms with Gasteiger partial charge in [0.2, 0.25) is 5.95 Å². The molecule has 0 fully saturated rings. The van der Waals surface area contributed by atoms with E-state index in [1.54, 1.807) is 6.07 Å². The quantitative estimate of drug-likeness (QED) is 0.625. The highest BCUT2D eigenvalue weighted by Gasteiger charge is 2.07. The number of benzene rings is 2. The van der Waals surface area contributed by atoms with Gasteiger partial charge in [-0.25, -0.2) is 4.98 Å². The van der Waals surface area contributed by atoms with Crippen LogP contribution in [0.5, 0.6) is 11.5 Å². The first-order chi connectivity index (χ1) is 9.24. The molecule has 0 radical (unpaired) electrons. The van der Waals surface area contributed by atoms with Crippen LogP contribution in [0.25, 0.3) is 10.8 Å². The van der Waals surface area contributed by atoms with Crippen LogP contribution in [0, 0.1) is 5.95 Å². The molecule has 0 atom stereocenters. The molecule has 0 unspecified atom stereocenters. The molecule has 2 aromatic carbocycles. The number of hydrogen-bond acceptors (Lipinski definition) is 2. The fourth-order valence-electron chi connectivity index (χ4n) is 1.87. The molecule has 0 aliphatic rings. The second-order valence-corrected chi connectivity index (χ2v) is 4.81. The van der Waals surface area contributed by atoms with Crippen molar-refractivity contribution in [2.24, 2.45) is 0 Å². The van der Waals surface area contributed by atoms with Crippen molar-refractivity contribution in [3.63, 3.8) is 0 Å². The van der Waals surface area contributed by atoms with Crippen LogP contribution in [0.1, 0.15) is 0 Å². The van der Waals surface area contributed by atoms with Crippen LogP contribution in [0.3, 0.4) is 0 Å². The Morgan fingerprint density at radius 1 is 1.05 bits per heavy atom. The van der Waals surface area contributed by atoms with Gasteiger partial charge in [0.1, 0.15) is 11.5 Å². The monoisotopic (exact) mass is 317 g/mol. The molecule has 19 heavy (non-hydrogen) atoms. The Morgan fingerprint density at radius 3 is 2.74 bits per heavy atom. The smallest absolute Gasteiger partial charge is 0.216 e. The summed E-state index contributed by atoms with van der Waals surface area (Å²) in [5, 5.41) is 2.16. The third-order valence-corrected chi connectivity index (χ3v) is 3.57. The fraction of sp³-hybridized carbons (Fsp3) is 0. The van der Waals surface area contributed by atoms with Crippen molar-refractivity contribution in [1.29, 1.82) is 0 Å². The molecule has 0 spiro atoms. The van der Waals surface area contributed by atoms with Crippen molar-refractivity contribution >= 4 is 26.7 Å². The van der Waals surface area contributed by atoms with Crippen LogP contribution in [0.15, 0.2) is 59.2 Å². The lowest BCUT2D eigenvalue weighted by Gasteiger charge is -2.09. The highest BCUT2D eigenvalue weighted by molar-refractivity contribution is 9.10. The number of ether oxygens (including phenoxy) is 1. The number of pyridine rings is 1. The number of aromatic nitrogens is 1. The van der Waals surface area contributed by atoms with Crippen LogP contribution in [-0.2, 0) is 0 Å². The van der Waals surface area contributed by atoms with Crippen LogP contribution in [0.4, 0.5) is 4.39 Å². The zero-order chi connectivity index (χ0) is 13.2. The molecule has 0 aliphatic heterocycles. The molecular formula is C15H9BrFNO. The highest BCUT2D eigenvalue weighted by Crippen LogP contribution is 2.35. The molecule has 0 bridgehead atoms. The summed E-state index contributed by atoms with van der Waals surface area (Å²) in [4.78, 5) is 3.50. The van der Waals surface area contributed by atoms with Crippen molar-refractivity contribution < 1.29 is 9.13 Å². The average Bonchev–Trinajstić information content (AvgIpc) is 2.42. The topological polar surface area (TPSA) is 22.1 Å². The van der Waals surface area contributed by atoms with Crippen molar-refractivity contribution in [3.8, 4) is 11.5 Å². The molecule has 0 saturated heterocycles. The molecule has 0 N–H and O–H groups in total. The molecular weight excluding hydrogens is 309 g/mol. The summed E-state index contributed by atoms with van der Waals surface area (Å²) in [5.41, 5.74) is 0. The molecule has 3 rings (SSSR count). The van der Waals surface area contributed by atoms with Gasteiger partial charge in [0.25, 0.3) is 0 Å². The van der Waals surface area contributed by atoms with Crippen LogP contribution >= 0.6 is 15.9 Å². The van der Waals surface area contributed by atoms with Gasteiger partial charge in [0, 0.05) is 12.3 Å². The first-order valence-electron chi connectivity index (χ1n) is 5.71. The molecule has 0 amide bonds. The number of halogens is 2. The number of fused-ring (bicyclic) bond motifs is 1. The Bertz CT molecular complexity index is 745. The zero-order valence-corrected chi connectivity index (χ0v) is 11.4. The maximum absolute atomic E-state index is 13.0. The van der Waals surface area contributed by atoms with Gasteiger partial charge >= 0.3 is 0 Å². The van der Waals surface area contributed by atoms with Crippen molar-refractivity contribution in [2.45, 2.75) is 0 Å². The maximum atomic E-state index is 13.0. The van der Waals surface area contributed by atoms with Gasteiger partial charge in [-0.15, -0.1) is 0 Å². The van der Waals surface area contributed by atoms with Gasteiger partial charge in [0.05, 0.1) is 4.47 Å². The minimum atomic E-state index is -0.561. The number of hydrogen-bond donors (Lipinski definition) is 0. The van der Waals surface area contributed by atoms with Crippen molar-refractivity contribution in [3.05, 3.63) is 65.1 Å². The summed E-state index contributed by atoms with van der Waals surface area (Å²) in [6, 6.07) is 14.6. The van der Waals surface area contributed by atoms with Gasteiger partial charge in [-0.3, -0.25) is 0 Å². The van der Waals surface area contributed by atoms with E-state index in [4.69, 9.17) is 4.74 Å². The number of nitrogens with zero attached hydrogens (tertiary/aromatic N) is 1. The predicted octanol–water partition coefficient (Wildman–Crippen LogP) is 4.93. The summed E-state index contributed by atoms with van der Waals surface area (Å²) >= 11 is 3.52. The Hall–Kier alpha value is -1.94. The molecule has 0 aliphatic carbocycles. The summed E-state index contributed by atoms with van der Waals surface area (Å²) < 4.78 is 19.5. The SMILES string of the molecule is Fc1cc(Oc2ccc3ccccc3c2Br)ccn1. The van der Waals surface area contributed by atoms with E-state index in [2.05, 4.69) is 20.9 Å². The lowest BCUT2D eigenvalue weighted by atomic mass is 10.1. The zero-order valence-electron chi connectivity index (χ0n) is 9.81. The molecule has 3 aromatic rings. The third kappa shape index (κ3) is 2.44. The minimum absolute atomic E-state index is 0.420. The second-order valence-electron chi connectivity index (χ2n) is 4.02. The van der Waals surface area contributed by atoms with E-state index in [1.165, 1.54) is 12.3 Å². The van der Waals surface area contributed by atoms with Crippen LogP contribution in [0.2, 0.25) is 0 Å². The predicted molar refractivity (Wildman–Crippen MR) is 75.9 cm³/mol. The van der Waals surface area contributed by atoms with Crippen LogP contribution in [-0.4, -0.2) is 4.98 Å². The summed E-state index contributed by atoms with van der Waals surface area (Å²) in [6.45, 7) is 0. The third-order valence-electron chi connectivity index (χ3n) is 2.75. The molecule has 0 saturated carbocycles. The summed E-state index contributed by atoms with van der Waals surface area (Å²) in [6.07, 6.45) is 1.37. The van der Waals surface area contributed by atoms with Crippen LogP contribution < -0.4 is 4.74 Å². The molecule has 4 heteroatoms. The van der Waals surface area contributed by atoms with E-state index < -0.39 is 5.95 Å². The lowest BCUT2D eigenvalue weighted by molar-refractivity contribution is 0.470. The molecule has 1 aromatic heterocycles. The first kappa shape index (κ1) is 12.1. The number of rotatable bonds is 2. The summed E-state index contributed by atoms with van der Waals surface area (Å²) in [7, 11) is 0. The Kier molecular flexibility index (Phi) is 3.17. The fourth-order valence-corrected chi connectivity index (χ4v) is 2.44. The molecule has 94 valence electrons. The van der Waals surface area contributed by atoms with Gasteiger partial charge in [-0.05, 0) is 38.8 Å². The van der Waals surface area contributed by atoms with Gasteiger partial charge < -0.3 is 4.74 Å². The van der Waals surface area contributed by atoms with E-state index in [0.29, 0.717) is 11.5 Å². The van der Waals surface area contributed by atoms with E-state index >= 15 is 0 Å². The Balaban J connectivity index is 2.04. The first-order valence-corrected chi connectivity index (χ1v) is 6.50. The Labute approximate surface area is 118 Å². The standard InChI is InChI=1S/C15H9BrFNO/c16-15-12-4-2-1-3-10(12)5-6-13(15)19-11-7-8-18-14(17)9-11/h1-9H. The normalized spacial score (nSPS) is 10.6. The maximum Gasteiger partial charge on any atom is 0.216 e. The van der Waals surface area contributed by atoms with E-state index in [-0.39, 0.29) is 0 Å². The molecule has 2 nitrogen and oxygen atoms in total. The summed E-state index contributed by atoms with van der Waals surface area (Å²) in [5.74, 6) is 0.502. The highest BCUT2D eigenvalue weighted by atomic mass is 79.9. The van der Waals surface area contributed by atoms with E-state index in [1.807, 2.05) is 36.4 Å². The van der Waals surface area contributed by atoms with E-state index in [0.717, 1.165) is 15.2 Å². The Morgan fingerprint density at radius 2 is 1.89 bits per heavy atom.